The van der Waals surface area contributed by atoms with Crippen LogP contribution in [0.5, 0.6) is 0 Å². The van der Waals surface area contributed by atoms with Crippen molar-refractivity contribution in [1.29, 1.82) is 0 Å². The molecule has 3 nitrogen and oxygen atoms in total. The zero-order chi connectivity index (χ0) is 8.06. The maximum absolute atomic E-state index is 11.2. The Balaban J connectivity index is 2.22. The van der Waals surface area contributed by atoms with Crippen molar-refractivity contribution in [2.45, 2.75) is 25.8 Å². The predicted octanol–water partition coefficient (Wildman–Crippen LogP) is 1.24. The lowest BCUT2D eigenvalue weighted by molar-refractivity contribution is -0.0178. The van der Waals surface area contributed by atoms with Crippen LogP contribution in [0.25, 0.3) is 0 Å². The average molecular weight is 155 g/mol. The first kappa shape index (κ1) is 6.95. The molecule has 1 atom stereocenters. The topological polar surface area (TPSA) is 29.5 Å². The smallest absolute Gasteiger partial charge is 0.410 e. The first-order valence-corrected chi connectivity index (χ1v) is 4.07. The lowest BCUT2D eigenvalue weighted by Gasteiger charge is -2.52. The van der Waals surface area contributed by atoms with Crippen molar-refractivity contribution >= 4 is 6.09 Å². The van der Waals surface area contributed by atoms with Crippen molar-refractivity contribution < 1.29 is 9.53 Å². The zero-order valence-corrected chi connectivity index (χ0v) is 6.96. The van der Waals surface area contributed by atoms with Crippen LogP contribution in [0, 0.1) is 5.92 Å². The molecule has 0 aromatic rings. The minimum atomic E-state index is -0.135. The number of hydrogen-bond donors (Lipinski definition) is 0. The van der Waals surface area contributed by atoms with E-state index < -0.39 is 0 Å². The summed E-state index contributed by atoms with van der Waals surface area (Å²) >= 11 is 0. The van der Waals surface area contributed by atoms with Crippen LogP contribution in [0.4, 0.5) is 4.79 Å². The minimum absolute atomic E-state index is 0.0492. The Hall–Kier alpha value is -0.730. The van der Waals surface area contributed by atoms with E-state index in [1.54, 1.807) is 0 Å². The van der Waals surface area contributed by atoms with Crippen LogP contribution in [0.2, 0.25) is 0 Å². The molecular weight excluding hydrogens is 142 g/mol. The van der Waals surface area contributed by atoms with Crippen LogP contribution in [-0.4, -0.2) is 29.7 Å². The number of fused-ring (bicyclic) bond motifs is 3. The molecule has 3 heterocycles. The maximum atomic E-state index is 11.2. The van der Waals surface area contributed by atoms with Crippen molar-refractivity contribution in [3.8, 4) is 0 Å². The zero-order valence-electron chi connectivity index (χ0n) is 6.96. The number of hydrogen-bond acceptors (Lipinski definition) is 2. The fourth-order valence-electron chi connectivity index (χ4n) is 1.91. The van der Waals surface area contributed by atoms with E-state index in [1.165, 1.54) is 0 Å². The van der Waals surface area contributed by atoms with Crippen molar-refractivity contribution in [1.82, 2.24) is 4.90 Å². The van der Waals surface area contributed by atoms with Gasteiger partial charge in [-0.3, -0.25) is 0 Å². The second kappa shape index (κ2) is 1.90. The van der Waals surface area contributed by atoms with Gasteiger partial charge in [0.25, 0.3) is 0 Å². The van der Waals surface area contributed by atoms with Gasteiger partial charge < -0.3 is 9.64 Å². The third-order valence-electron chi connectivity index (χ3n) is 3.01. The van der Waals surface area contributed by atoms with Gasteiger partial charge in [-0.05, 0) is 20.3 Å². The van der Waals surface area contributed by atoms with E-state index in [2.05, 4.69) is 13.8 Å². The number of carbonyl (C=O) groups excluding carboxylic acids is 1. The van der Waals surface area contributed by atoms with E-state index in [4.69, 9.17) is 4.74 Å². The Morgan fingerprint density at radius 2 is 2.36 bits per heavy atom. The molecule has 0 aromatic heterocycles. The van der Waals surface area contributed by atoms with Gasteiger partial charge in [0.1, 0.15) is 0 Å². The molecule has 0 aromatic carbocycles. The van der Waals surface area contributed by atoms with Gasteiger partial charge in [-0.15, -0.1) is 0 Å². The molecule has 3 rings (SSSR count). The van der Waals surface area contributed by atoms with E-state index in [0.29, 0.717) is 12.5 Å². The molecule has 0 radical (unpaired) electrons. The summed E-state index contributed by atoms with van der Waals surface area (Å²) in [4.78, 5) is 13.0. The van der Waals surface area contributed by atoms with Gasteiger partial charge in [0.2, 0.25) is 0 Å². The molecule has 0 N–H and O–H groups in total. The van der Waals surface area contributed by atoms with Gasteiger partial charge in [0, 0.05) is 18.0 Å². The molecule has 0 spiro atoms. The molecule has 3 aliphatic rings. The molecule has 0 aliphatic carbocycles. The average Bonchev–Trinajstić information content (AvgIpc) is 2.17. The molecule has 1 unspecified atom stereocenters. The standard InChI is InChI=1S/C8H13NO2/c1-8(2)6-3-4-11-7(10)9(8)5-6/h6H,3-5H2,1-2H3. The number of nitrogens with zero attached hydrogens (tertiary/aromatic N) is 1. The number of rotatable bonds is 0. The second-order valence-electron chi connectivity index (χ2n) is 3.86. The van der Waals surface area contributed by atoms with Gasteiger partial charge in [0.05, 0.1) is 6.61 Å². The van der Waals surface area contributed by atoms with Gasteiger partial charge in [0.15, 0.2) is 0 Å². The van der Waals surface area contributed by atoms with Crippen molar-refractivity contribution in [2.75, 3.05) is 13.2 Å². The Kier molecular flexibility index (Phi) is 1.20. The highest BCUT2D eigenvalue weighted by atomic mass is 16.6. The summed E-state index contributed by atoms with van der Waals surface area (Å²) in [5.41, 5.74) is 0.0492. The lowest BCUT2D eigenvalue weighted by Crippen LogP contribution is -2.64. The van der Waals surface area contributed by atoms with Gasteiger partial charge >= 0.3 is 6.09 Å². The number of ether oxygens (including phenoxy) is 1. The van der Waals surface area contributed by atoms with Crippen LogP contribution >= 0.6 is 0 Å². The Bertz CT molecular complexity index is 200. The summed E-state index contributed by atoms with van der Waals surface area (Å²) in [6, 6.07) is 0. The molecule has 3 saturated heterocycles. The quantitative estimate of drug-likeness (QED) is 0.526. The van der Waals surface area contributed by atoms with Crippen LogP contribution in [0.15, 0.2) is 0 Å². The third kappa shape index (κ3) is 0.767. The highest BCUT2D eigenvalue weighted by Crippen LogP contribution is 2.40. The Morgan fingerprint density at radius 1 is 1.64 bits per heavy atom. The summed E-state index contributed by atoms with van der Waals surface area (Å²) in [6.07, 6.45) is 0.888. The van der Waals surface area contributed by atoms with Crippen LogP contribution in [-0.2, 0) is 4.74 Å². The lowest BCUT2D eigenvalue weighted by atomic mass is 9.76. The van der Waals surface area contributed by atoms with Gasteiger partial charge in [-0.2, -0.15) is 0 Å². The van der Waals surface area contributed by atoms with Crippen molar-refractivity contribution in [3.63, 3.8) is 0 Å². The summed E-state index contributed by atoms with van der Waals surface area (Å²) in [5.74, 6) is 0.647. The van der Waals surface area contributed by atoms with E-state index in [1.807, 2.05) is 4.90 Å². The predicted molar refractivity (Wildman–Crippen MR) is 40.2 cm³/mol. The van der Waals surface area contributed by atoms with E-state index >= 15 is 0 Å². The molecule has 11 heavy (non-hydrogen) atoms. The summed E-state index contributed by atoms with van der Waals surface area (Å²) in [6.45, 7) is 5.71. The molecular formula is C8H13NO2. The summed E-state index contributed by atoms with van der Waals surface area (Å²) < 4.78 is 4.98. The summed E-state index contributed by atoms with van der Waals surface area (Å²) in [5, 5.41) is 0. The molecule has 3 heteroatoms. The normalized spacial score (nSPS) is 33.8. The van der Waals surface area contributed by atoms with Gasteiger partial charge in [-0.25, -0.2) is 4.79 Å². The maximum Gasteiger partial charge on any atom is 0.410 e. The molecule has 3 fully saturated rings. The molecule has 62 valence electrons. The van der Waals surface area contributed by atoms with Crippen LogP contribution in [0.1, 0.15) is 20.3 Å². The van der Waals surface area contributed by atoms with E-state index in [0.717, 1.165) is 13.0 Å². The fraction of sp³-hybridized carbons (Fsp3) is 0.875. The minimum Gasteiger partial charge on any atom is -0.449 e. The Labute approximate surface area is 66.3 Å². The number of amides is 1. The summed E-state index contributed by atoms with van der Waals surface area (Å²) in [7, 11) is 0. The molecule has 1 amide bonds. The fourth-order valence-corrected chi connectivity index (χ4v) is 1.91. The highest BCUT2D eigenvalue weighted by molar-refractivity contribution is 5.70. The van der Waals surface area contributed by atoms with E-state index in [9.17, 15) is 4.79 Å². The highest BCUT2D eigenvalue weighted by Gasteiger charge is 2.50. The van der Waals surface area contributed by atoms with Crippen LogP contribution < -0.4 is 0 Å². The SMILES string of the molecule is CC1(C)C2CCOC(=O)N1C2. The first-order chi connectivity index (χ1) is 5.12. The first-order valence-electron chi connectivity index (χ1n) is 4.07. The second-order valence-corrected chi connectivity index (χ2v) is 3.86. The monoisotopic (exact) mass is 155 g/mol. The van der Waals surface area contributed by atoms with Crippen molar-refractivity contribution in [2.24, 2.45) is 5.92 Å². The third-order valence-corrected chi connectivity index (χ3v) is 3.01. The Morgan fingerprint density at radius 3 is 3.00 bits per heavy atom. The molecule has 2 bridgehead atoms. The molecule has 0 saturated carbocycles. The largest absolute Gasteiger partial charge is 0.449 e. The van der Waals surface area contributed by atoms with Crippen molar-refractivity contribution in [3.05, 3.63) is 0 Å². The van der Waals surface area contributed by atoms with E-state index in [-0.39, 0.29) is 11.6 Å². The van der Waals surface area contributed by atoms with Crippen LogP contribution in [0.3, 0.4) is 0 Å². The molecule has 3 aliphatic heterocycles. The number of carbonyl (C=O) groups is 1. The van der Waals surface area contributed by atoms with Gasteiger partial charge in [-0.1, -0.05) is 0 Å².